The molecule has 2 aromatic carbocycles. The molecule has 0 aliphatic carbocycles. The first-order chi connectivity index (χ1) is 16.3. The highest BCUT2D eigenvalue weighted by Crippen LogP contribution is 2.32. The maximum Gasteiger partial charge on any atom is 0.264 e. The minimum Gasteiger partial charge on any atom is -0.338 e. The highest BCUT2D eigenvalue weighted by molar-refractivity contribution is 8.01. The lowest BCUT2D eigenvalue weighted by molar-refractivity contribution is 0.0717. The van der Waals surface area contributed by atoms with Crippen molar-refractivity contribution in [2.24, 2.45) is 5.73 Å². The van der Waals surface area contributed by atoms with Crippen LogP contribution in [0.15, 0.2) is 60.7 Å². The summed E-state index contributed by atoms with van der Waals surface area (Å²) in [5.41, 5.74) is 10.6. The molecule has 1 aliphatic rings. The molecular weight excluding hydrogens is 460 g/mol. The van der Waals surface area contributed by atoms with Crippen LogP contribution < -0.4 is 5.73 Å². The van der Waals surface area contributed by atoms with Crippen molar-refractivity contribution in [3.63, 3.8) is 0 Å². The Hall–Kier alpha value is -2.28. The number of aryl methyl sites for hydroxylation is 2. The SMILES string of the molecule is C[SH](C)(=O)Cc1cc(CCc2ccccc2)sc1C(=O)N1CCC(c2cccc(CN)c2)CC1. The van der Waals surface area contributed by atoms with Gasteiger partial charge >= 0.3 is 0 Å². The zero-order valence-electron chi connectivity index (χ0n) is 20.2. The van der Waals surface area contributed by atoms with Crippen molar-refractivity contribution in [1.82, 2.24) is 4.90 Å². The average molecular weight is 497 g/mol. The fourth-order valence-corrected chi connectivity index (χ4v) is 7.09. The van der Waals surface area contributed by atoms with E-state index < -0.39 is 9.93 Å². The summed E-state index contributed by atoms with van der Waals surface area (Å²) >= 11 is 1.60. The van der Waals surface area contributed by atoms with Crippen molar-refractivity contribution in [2.75, 3.05) is 25.6 Å². The number of thiol groups is 1. The number of benzene rings is 2. The number of hydrogen-bond donors (Lipinski definition) is 2. The number of carbonyl (C=O) groups excluding carboxylic acids is 1. The van der Waals surface area contributed by atoms with E-state index in [1.165, 1.54) is 16.0 Å². The summed E-state index contributed by atoms with van der Waals surface area (Å²) in [4.78, 5) is 17.5. The Bertz CT molecular complexity index is 1160. The van der Waals surface area contributed by atoms with Gasteiger partial charge in [0.25, 0.3) is 5.91 Å². The Balaban J connectivity index is 1.46. The average Bonchev–Trinajstić information content (AvgIpc) is 3.24. The van der Waals surface area contributed by atoms with E-state index in [0.29, 0.717) is 18.2 Å². The fourth-order valence-electron chi connectivity index (χ4n) is 4.76. The first kappa shape index (κ1) is 24.8. The van der Waals surface area contributed by atoms with E-state index in [9.17, 15) is 9.00 Å². The number of nitrogens with two attached hydrogens (primary N) is 1. The van der Waals surface area contributed by atoms with Crippen LogP contribution in [0.2, 0.25) is 0 Å². The van der Waals surface area contributed by atoms with Crippen molar-refractivity contribution in [3.8, 4) is 0 Å². The van der Waals surface area contributed by atoms with E-state index in [1.54, 1.807) is 11.3 Å². The van der Waals surface area contributed by atoms with Crippen molar-refractivity contribution < 1.29 is 9.00 Å². The molecule has 4 nitrogen and oxygen atoms in total. The normalized spacial score (nSPS) is 15.4. The second-order valence-electron chi connectivity index (χ2n) is 9.80. The van der Waals surface area contributed by atoms with Gasteiger partial charge < -0.3 is 10.6 Å². The predicted octanol–water partition coefficient (Wildman–Crippen LogP) is 4.79. The molecule has 3 aromatic rings. The molecular formula is C28H36N2O2S2. The number of carbonyl (C=O) groups is 1. The Labute approximate surface area is 208 Å². The number of nitrogens with zero attached hydrogens (tertiary/aromatic N) is 1. The zero-order chi connectivity index (χ0) is 24.1. The molecule has 1 aliphatic heterocycles. The molecule has 1 amide bonds. The standard InChI is InChI=1S/C28H36N2O2S2/c1-34(2,32)20-25-18-26(12-11-21-7-4-3-5-8-21)33-27(25)28(31)30-15-13-23(14-16-30)24-10-6-9-22(17-24)19-29/h3-10,17-18,23,34H,11-16,19-20,29H2,1-2H3. The van der Waals surface area contributed by atoms with Gasteiger partial charge in [0, 0.05) is 30.3 Å². The molecule has 0 bridgehead atoms. The Morgan fingerprint density at radius 1 is 1.00 bits per heavy atom. The topological polar surface area (TPSA) is 63.4 Å². The van der Waals surface area contributed by atoms with Crippen LogP contribution in [-0.4, -0.2) is 40.6 Å². The molecule has 1 aromatic heterocycles. The molecule has 0 spiro atoms. The minimum absolute atomic E-state index is 0.105. The third-order valence-corrected chi connectivity index (χ3v) is 8.88. The lowest BCUT2D eigenvalue weighted by atomic mass is 9.88. The molecule has 0 saturated carbocycles. The summed E-state index contributed by atoms with van der Waals surface area (Å²) < 4.78 is 12.6. The number of amides is 1. The van der Waals surface area contributed by atoms with Gasteiger partial charge in [0.1, 0.15) is 0 Å². The van der Waals surface area contributed by atoms with Crippen LogP contribution in [-0.2, 0) is 35.1 Å². The van der Waals surface area contributed by atoms with Crippen molar-refractivity contribution in [1.29, 1.82) is 0 Å². The molecule has 1 fully saturated rings. The second-order valence-corrected chi connectivity index (χ2v) is 14.4. The zero-order valence-corrected chi connectivity index (χ0v) is 21.9. The molecule has 2 heterocycles. The van der Waals surface area contributed by atoms with E-state index in [4.69, 9.17) is 5.73 Å². The number of piperidine rings is 1. The number of likely N-dealkylation sites (tertiary alicyclic amines) is 1. The van der Waals surface area contributed by atoms with Crippen LogP contribution in [0.4, 0.5) is 0 Å². The third-order valence-electron chi connectivity index (χ3n) is 6.55. The minimum atomic E-state index is -2.29. The number of rotatable bonds is 8. The largest absolute Gasteiger partial charge is 0.338 e. The van der Waals surface area contributed by atoms with Crippen LogP contribution in [0.3, 0.4) is 0 Å². The Morgan fingerprint density at radius 2 is 1.71 bits per heavy atom. The van der Waals surface area contributed by atoms with Gasteiger partial charge in [-0.25, -0.2) is 0 Å². The molecule has 6 heteroatoms. The monoisotopic (exact) mass is 496 g/mol. The van der Waals surface area contributed by atoms with Crippen molar-refractivity contribution in [3.05, 3.63) is 92.7 Å². The molecule has 4 rings (SSSR count). The van der Waals surface area contributed by atoms with E-state index in [1.807, 2.05) is 23.5 Å². The van der Waals surface area contributed by atoms with Gasteiger partial charge in [-0.3, -0.25) is 9.00 Å². The van der Waals surface area contributed by atoms with Gasteiger partial charge in [0.2, 0.25) is 0 Å². The summed E-state index contributed by atoms with van der Waals surface area (Å²) in [6.45, 7) is 2.06. The van der Waals surface area contributed by atoms with Crippen molar-refractivity contribution in [2.45, 2.75) is 43.9 Å². The van der Waals surface area contributed by atoms with Gasteiger partial charge in [0.15, 0.2) is 0 Å². The summed E-state index contributed by atoms with van der Waals surface area (Å²) in [5, 5.41) is 0. The molecule has 0 atom stereocenters. The van der Waals surface area contributed by atoms with Gasteiger partial charge in [-0.2, -0.15) is 0 Å². The first-order valence-corrected chi connectivity index (χ1v) is 15.7. The summed E-state index contributed by atoms with van der Waals surface area (Å²) in [7, 11) is -2.29. The molecule has 2 N–H and O–H groups in total. The summed E-state index contributed by atoms with van der Waals surface area (Å²) in [5.74, 6) is 1.05. The Kier molecular flexibility index (Phi) is 8.02. The molecule has 34 heavy (non-hydrogen) atoms. The van der Waals surface area contributed by atoms with Crippen LogP contribution in [0.1, 0.15) is 55.6 Å². The van der Waals surface area contributed by atoms with Crippen LogP contribution in [0, 0.1) is 0 Å². The lowest BCUT2D eigenvalue weighted by Gasteiger charge is -2.32. The molecule has 182 valence electrons. The number of thiophene rings is 1. The van der Waals surface area contributed by atoms with E-state index >= 15 is 0 Å². The van der Waals surface area contributed by atoms with Crippen LogP contribution in [0.25, 0.3) is 0 Å². The van der Waals surface area contributed by atoms with Gasteiger partial charge in [-0.15, -0.1) is 21.3 Å². The van der Waals surface area contributed by atoms with Crippen molar-refractivity contribution >= 4 is 27.2 Å². The van der Waals surface area contributed by atoms with Crippen LogP contribution >= 0.6 is 11.3 Å². The first-order valence-electron chi connectivity index (χ1n) is 12.1. The van der Waals surface area contributed by atoms with Gasteiger partial charge in [-0.1, -0.05) is 54.6 Å². The highest BCUT2D eigenvalue weighted by atomic mass is 32.2. The van der Waals surface area contributed by atoms with Crippen LogP contribution in [0.5, 0.6) is 0 Å². The quantitative estimate of drug-likeness (QED) is 0.441. The van der Waals surface area contributed by atoms with E-state index in [-0.39, 0.29) is 5.91 Å². The maximum atomic E-state index is 13.6. The highest BCUT2D eigenvalue weighted by Gasteiger charge is 2.28. The molecule has 0 unspecified atom stereocenters. The van der Waals surface area contributed by atoms with Gasteiger partial charge in [0.05, 0.1) is 4.88 Å². The van der Waals surface area contributed by atoms with E-state index in [0.717, 1.165) is 54.8 Å². The van der Waals surface area contributed by atoms with Gasteiger partial charge in [-0.05, 0) is 72.4 Å². The molecule has 1 saturated heterocycles. The fraction of sp³-hybridized carbons (Fsp3) is 0.393. The smallest absolute Gasteiger partial charge is 0.264 e. The lowest BCUT2D eigenvalue weighted by Crippen LogP contribution is -2.38. The number of hydrogen-bond acceptors (Lipinski definition) is 4. The predicted molar refractivity (Wildman–Crippen MR) is 145 cm³/mol. The second kappa shape index (κ2) is 11.0. The summed E-state index contributed by atoms with van der Waals surface area (Å²) in [6, 6.07) is 21.1. The summed E-state index contributed by atoms with van der Waals surface area (Å²) in [6.07, 6.45) is 7.37. The maximum absolute atomic E-state index is 13.6. The Morgan fingerprint density at radius 3 is 2.38 bits per heavy atom. The third kappa shape index (κ3) is 6.44. The van der Waals surface area contributed by atoms with E-state index in [2.05, 4.69) is 54.6 Å². The molecule has 0 radical (unpaired) electrons.